The topological polar surface area (TPSA) is 82.4 Å². The maximum Gasteiger partial charge on any atom is 0.314 e. The van der Waals surface area contributed by atoms with Crippen molar-refractivity contribution >= 4 is 29.1 Å². The van der Waals surface area contributed by atoms with Crippen molar-refractivity contribution in [1.82, 2.24) is 5.32 Å². The number of thioether (sulfide) groups is 1. The molecular weight excluding hydrogens is 411 g/mol. The van der Waals surface area contributed by atoms with Crippen LogP contribution in [0.5, 0.6) is 0 Å². The van der Waals surface area contributed by atoms with Gasteiger partial charge in [0.05, 0.1) is 23.3 Å². The van der Waals surface area contributed by atoms with Crippen molar-refractivity contribution in [3.05, 3.63) is 68.6 Å². The molecule has 0 amide bonds. The van der Waals surface area contributed by atoms with E-state index in [-0.39, 0.29) is 12.4 Å². The van der Waals surface area contributed by atoms with Gasteiger partial charge >= 0.3 is 5.97 Å². The number of nitriles is 1. The average molecular weight is 433 g/mol. The van der Waals surface area contributed by atoms with Crippen LogP contribution < -0.4 is 5.32 Å². The van der Waals surface area contributed by atoms with Crippen molar-refractivity contribution in [3.8, 4) is 6.07 Å². The van der Waals surface area contributed by atoms with Gasteiger partial charge in [0, 0.05) is 16.5 Å². The summed E-state index contributed by atoms with van der Waals surface area (Å²) < 4.78 is 18.3. The second-order valence-corrected chi connectivity index (χ2v) is 8.73. The van der Waals surface area contributed by atoms with Gasteiger partial charge in [-0.15, -0.1) is 23.1 Å². The Morgan fingerprint density at radius 1 is 1.41 bits per heavy atom. The molecule has 1 aromatic heterocycles. The van der Waals surface area contributed by atoms with E-state index < -0.39 is 23.5 Å². The summed E-state index contributed by atoms with van der Waals surface area (Å²) in [7, 11) is 0. The zero-order valence-electron chi connectivity index (χ0n) is 16.0. The Labute approximate surface area is 177 Å². The highest BCUT2D eigenvalue weighted by molar-refractivity contribution is 8.02. The first-order valence-corrected chi connectivity index (χ1v) is 11.0. The second-order valence-electron chi connectivity index (χ2n) is 6.77. The van der Waals surface area contributed by atoms with E-state index in [0.717, 1.165) is 10.4 Å². The molecule has 1 aliphatic heterocycles. The molecule has 0 radical (unpaired) electrons. The van der Waals surface area contributed by atoms with Gasteiger partial charge in [0.2, 0.25) is 0 Å². The number of hydrogen-bond donors (Lipinski definition) is 2. The first-order chi connectivity index (χ1) is 13.9. The molecule has 3 rings (SSSR count). The Hall–Kier alpha value is -2.34. The molecule has 0 fully saturated rings. The number of aliphatic hydroxyl groups is 1. The molecule has 2 N–H and O–H groups in total. The Morgan fingerprint density at radius 3 is 2.72 bits per heavy atom. The number of rotatable bonds is 6. The average Bonchev–Trinajstić information content (AvgIpc) is 3.21. The number of benzene rings is 1. The number of carbonyl (C=O) groups is 1. The van der Waals surface area contributed by atoms with Crippen molar-refractivity contribution < 1.29 is 19.0 Å². The lowest BCUT2D eigenvalue weighted by molar-refractivity contribution is -0.160. The highest BCUT2D eigenvalue weighted by atomic mass is 32.2. The summed E-state index contributed by atoms with van der Waals surface area (Å²) in [6, 6.07) is 12.0. The molecule has 3 atom stereocenters. The monoisotopic (exact) mass is 432 g/mol. The van der Waals surface area contributed by atoms with Crippen LogP contribution >= 0.6 is 23.1 Å². The summed E-state index contributed by atoms with van der Waals surface area (Å²) in [5.74, 6) is -1.98. The summed E-state index contributed by atoms with van der Waals surface area (Å²) >= 11 is 2.76. The molecule has 152 valence electrons. The number of hydrogen-bond acceptors (Lipinski definition) is 7. The smallest absolute Gasteiger partial charge is 0.314 e. The lowest BCUT2D eigenvalue weighted by Gasteiger charge is -2.42. The molecule has 1 aliphatic rings. The largest absolute Gasteiger partial charge is 0.466 e. The van der Waals surface area contributed by atoms with Crippen molar-refractivity contribution in [2.24, 2.45) is 5.92 Å². The first-order valence-electron chi connectivity index (χ1n) is 9.09. The second kappa shape index (κ2) is 8.99. The molecule has 0 unspecified atom stereocenters. The third-order valence-corrected chi connectivity index (χ3v) is 6.71. The summed E-state index contributed by atoms with van der Waals surface area (Å²) in [6.07, 6.45) is 0. The SMILES string of the molecule is CCOC(=O)[C@@H]1[C@@H](c2cccs2)C(C#N)=C(SCc2ccc(F)cc2)N[C@@]1(C)O. The van der Waals surface area contributed by atoms with E-state index >= 15 is 0 Å². The Bertz CT molecular complexity index is 934. The molecule has 0 aliphatic carbocycles. The number of carbonyl (C=O) groups excluding carboxylic acids is 1. The number of allylic oxidation sites excluding steroid dienone is 1. The van der Waals surface area contributed by atoms with Crippen molar-refractivity contribution in [2.45, 2.75) is 31.2 Å². The standard InChI is InChI=1S/C21H21FN2O3S2/c1-3-27-20(25)18-17(16-5-4-10-28-16)15(11-23)19(24-21(18,2)26)29-12-13-6-8-14(22)9-7-13/h4-10,17-18,24,26H,3,12H2,1-2H3/t17-,18+,21+/m1/s1. The normalized spacial score (nSPS) is 24.0. The van der Waals surface area contributed by atoms with Gasteiger partial charge < -0.3 is 15.2 Å². The minimum Gasteiger partial charge on any atom is -0.466 e. The van der Waals surface area contributed by atoms with Crippen LogP contribution in [0.1, 0.15) is 30.2 Å². The Balaban J connectivity index is 2.00. The van der Waals surface area contributed by atoms with Gasteiger partial charge in [-0.05, 0) is 43.0 Å². The van der Waals surface area contributed by atoms with E-state index in [1.54, 1.807) is 19.1 Å². The molecule has 2 aromatic rings. The molecule has 29 heavy (non-hydrogen) atoms. The number of ether oxygens (including phenoxy) is 1. The van der Waals surface area contributed by atoms with E-state index in [9.17, 15) is 19.6 Å². The maximum absolute atomic E-state index is 13.1. The molecule has 1 aromatic carbocycles. The fourth-order valence-corrected chi connectivity index (χ4v) is 5.33. The van der Waals surface area contributed by atoms with Gasteiger partial charge in [0.15, 0.2) is 0 Å². The van der Waals surface area contributed by atoms with E-state index in [1.165, 1.54) is 42.2 Å². The number of esters is 1. The first kappa shape index (κ1) is 21.4. The van der Waals surface area contributed by atoms with Crippen molar-refractivity contribution in [1.29, 1.82) is 5.26 Å². The zero-order chi connectivity index (χ0) is 21.0. The van der Waals surface area contributed by atoms with Crippen LogP contribution in [-0.2, 0) is 15.3 Å². The Morgan fingerprint density at radius 2 is 2.14 bits per heavy atom. The summed E-state index contributed by atoms with van der Waals surface area (Å²) in [6.45, 7) is 3.40. The van der Waals surface area contributed by atoms with E-state index in [0.29, 0.717) is 16.4 Å². The highest BCUT2D eigenvalue weighted by Gasteiger charge is 2.51. The number of halogens is 1. The number of thiophene rings is 1. The molecule has 8 heteroatoms. The predicted octanol–water partition coefficient (Wildman–Crippen LogP) is 4.13. The van der Waals surface area contributed by atoms with E-state index in [2.05, 4.69) is 11.4 Å². The van der Waals surface area contributed by atoms with Crippen molar-refractivity contribution in [2.75, 3.05) is 6.61 Å². The van der Waals surface area contributed by atoms with Crippen molar-refractivity contribution in [3.63, 3.8) is 0 Å². The van der Waals surface area contributed by atoms with Crippen LogP contribution in [0, 0.1) is 23.1 Å². The summed E-state index contributed by atoms with van der Waals surface area (Å²) in [5.41, 5.74) is -0.348. The fourth-order valence-electron chi connectivity index (χ4n) is 3.35. The highest BCUT2D eigenvalue weighted by Crippen LogP contribution is 2.46. The molecule has 0 saturated heterocycles. The van der Waals surface area contributed by atoms with Crippen LogP contribution in [-0.4, -0.2) is 23.4 Å². The molecule has 5 nitrogen and oxygen atoms in total. The predicted molar refractivity (Wildman–Crippen MR) is 111 cm³/mol. The van der Waals surface area contributed by atoms with Gasteiger partial charge in [-0.2, -0.15) is 5.26 Å². The van der Waals surface area contributed by atoms with Crippen LogP contribution in [0.4, 0.5) is 4.39 Å². The van der Waals surface area contributed by atoms with Crippen LogP contribution in [0.25, 0.3) is 0 Å². The maximum atomic E-state index is 13.1. The van der Waals surface area contributed by atoms with E-state index in [4.69, 9.17) is 4.74 Å². The molecule has 0 bridgehead atoms. The summed E-state index contributed by atoms with van der Waals surface area (Å²) in [4.78, 5) is 13.5. The van der Waals surface area contributed by atoms with E-state index in [1.807, 2.05) is 17.5 Å². The Kier molecular flexibility index (Phi) is 6.63. The van der Waals surface area contributed by atoms with Crippen LogP contribution in [0.3, 0.4) is 0 Å². The molecule has 0 spiro atoms. The van der Waals surface area contributed by atoms with Crippen LogP contribution in [0.15, 0.2) is 52.4 Å². The van der Waals surface area contributed by atoms with Gasteiger partial charge in [0.25, 0.3) is 0 Å². The van der Waals surface area contributed by atoms with Gasteiger partial charge in [-0.1, -0.05) is 18.2 Å². The van der Waals surface area contributed by atoms with Gasteiger partial charge in [-0.25, -0.2) is 4.39 Å². The molecule has 0 saturated carbocycles. The van der Waals surface area contributed by atoms with Crippen LogP contribution in [0.2, 0.25) is 0 Å². The van der Waals surface area contributed by atoms with Gasteiger partial charge in [-0.3, -0.25) is 4.79 Å². The molecule has 2 heterocycles. The number of nitrogens with one attached hydrogen (secondary N) is 1. The third kappa shape index (κ3) is 4.64. The lowest BCUT2D eigenvalue weighted by Crippen LogP contribution is -2.56. The lowest BCUT2D eigenvalue weighted by atomic mass is 9.76. The van der Waals surface area contributed by atoms with Gasteiger partial charge in [0.1, 0.15) is 17.5 Å². The number of nitrogens with zero attached hydrogens (tertiary/aromatic N) is 1. The quantitative estimate of drug-likeness (QED) is 0.668. The molecular formula is C21H21FN2O3S2. The minimum atomic E-state index is -1.60. The third-order valence-electron chi connectivity index (χ3n) is 4.67. The minimum absolute atomic E-state index is 0.181. The fraction of sp³-hybridized carbons (Fsp3) is 0.333. The zero-order valence-corrected chi connectivity index (χ0v) is 17.6. The summed E-state index contributed by atoms with van der Waals surface area (Å²) in [5, 5.41) is 26.4.